The van der Waals surface area contributed by atoms with Gasteiger partial charge in [0.25, 0.3) is 5.91 Å². The first-order valence-electron chi connectivity index (χ1n) is 6.44. The van der Waals surface area contributed by atoms with Crippen LogP contribution >= 0.6 is 39.0 Å². The number of thioether (sulfide) groups is 1. The minimum Gasteiger partial charge on any atom is -0.284 e. The SMILES string of the molecule is CC(C)N=C1S/C(=C/c2ccc(Br)s2)C(=O)N1C(C)C. The van der Waals surface area contributed by atoms with E-state index in [-0.39, 0.29) is 18.0 Å². The Morgan fingerprint density at radius 2 is 2.00 bits per heavy atom. The molecule has 0 aliphatic carbocycles. The molecule has 0 unspecified atom stereocenters. The molecular formula is C14H17BrN2OS2. The number of aliphatic imine (C=N–C) groups is 1. The van der Waals surface area contributed by atoms with Crippen LogP contribution < -0.4 is 0 Å². The van der Waals surface area contributed by atoms with E-state index in [2.05, 4.69) is 20.9 Å². The molecule has 0 radical (unpaired) electrons. The minimum atomic E-state index is 0.0499. The maximum absolute atomic E-state index is 12.5. The normalized spacial score (nSPS) is 20.1. The van der Waals surface area contributed by atoms with Crippen molar-refractivity contribution in [3.8, 4) is 0 Å². The number of nitrogens with zero attached hydrogens (tertiary/aromatic N) is 2. The Labute approximate surface area is 136 Å². The molecule has 2 rings (SSSR count). The largest absolute Gasteiger partial charge is 0.284 e. The number of carbonyl (C=O) groups excluding carboxylic acids is 1. The highest BCUT2D eigenvalue weighted by Crippen LogP contribution is 2.35. The Hall–Kier alpha value is -0.590. The smallest absolute Gasteiger partial charge is 0.267 e. The first-order valence-corrected chi connectivity index (χ1v) is 8.87. The lowest BCUT2D eigenvalue weighted by atomic mass is 10.3. The highest BCUT2D eigenvalue weighted by Gasteiger charge is 2.35. The lowest BCUT2D eigenvalue weighted by Crippen LogP contribution is -2.35. The Balaban J connectivity index is 2.34. The van der Waals surface area contributed by atoms with Crippen LogP contribution in [0.4, 0.5) is 0 Å². The van der Waals surface area contributed by atoms with Gasteiger partial charge in [0.15, 0.2) is 5.17 Å². The zero-order valence-corrected chi connectivity index (χ0v) is 15.1. The number of amides is 1. The van der Waals surface area contributed by atoms with E-state index in [4.69, 9.17) is 0 Å². The van der Waals surface area contributed by atoms with Gasteiger partial charge in [-0.05, 0) is 73.6 Å². The van der Waals surface area contributed by atoms with E-state index in [0.717, 1.165) is 18.7 Å². The van der Waals surface area contributed by atoms with E-state index in [1.807, 2.05) is 45.9 Å². The lowest BCUT2D eigenvalue weighted by Gasteiger charge is -2.20. The molecule has 0 aromatic carbocycles. The van der Waals surface area contributed by atoms with Crippen molar-refractivity contribution in [2.45, 2.75) is 39.8 Å². The first kappa shape index (κ1) is 15.8. The summed E-state index contributed by atoms with van der Waals surface area (Å²) in [4.78, 5) is 20.7. The second-order valence-corrected chi connectivity index (χ2v) is 8.53. The molecular weight excluding hydrogens is 356 g/mol. The van der Waals surface area contributed by atoms with Crippen LogP contribution in [-0.2, 0) is 4.79 Å². The average Bonchev–Trinajstić information content (AvgIpc) is 2.84. The molecule has 1 aromatic heterocycles. The predicted molar refractivity (Wildman–Crippen MR) is 92.1 cm³/mol. The molecule has 0 saturated carbocycles. The summed E-state index contributed by atoms with van der Waals surface area (Å²) in [6, 6.07) is 4.30. The number of thiophene rings is 1. The number of halogens is 1. The topological polar surface area (TPSA) is 32.7 Å². The second kappa shape index (κ2) is 6.45. The van der Waals surface area contributed by atoms with Crippen molar-refractivity contribution in [2.24, 2.45) is 4.99 Å². The Morgan fingerprint density at radius 1 is 1.30 bits per heavy atom. The molecule has 1 fully saturated rings. The fraction of sp³-hybridized carbons (Fsp3) is 0.429. The van der Waals surface area contributed by atoms with Gasteiger partial charge in [0.1, 0.15) is 0 Å². The van der Waals surface area contributed by atoms with Gasteiger partial charge in [-0.25, -0.2) is 0 Å². The Morgan fingerprint density at radius 3 is 2.50 bits per heavy atom. The lowest BCUT2D eigenvalue weighted by molar-refractivity contribution is -0.123. The van der Waals surface area contributed by atoms with Crippen molar-refractivity contribution in [3.63, 3.8) is 0 Å². The summed E-state index contributed by atoms with van der Waals surface area (Å²) in [5, 5.41) is 0.807. The number of hydrogen-bond donors (Lipinski definition) is 0. The molecule has 0 spiro atoms. The number of rotatable bonds is 3. The van der Waals surface area contributed by atoms with Gasteiger partial charge in [-0.1, -0.05) is 0 Å². The third-order valence-electron chi connectivity index (χ3n) is 2.59. The molecule has 6 heteroatoms. The van der Waals surface area contributed by atoms with Crippen LogP contribution in [0.3, 0.4) is 0 Å². The standard InChI is InChI=1S/C14H17BrN2OS2/c1-8(2)16-14-17(9(3)4)13(18)11(20-14)7-10-5-6-12(15)19-10/h5-9H,1-4H3/b11-7+,16-14?. The molecule has 2 heterocycles. The summed E-state index contributed by atoms with van der Waals surface area (Å²) in [6.45, 7) is 8.07. The number of hydrogen-bond acceptors (Lipinski definition) is 4. The van der Waals surface area contributed by atoms with E-state index in [9.17, 15) is 4.79 Å². The molecule has 1 aromatic rings. The number of amidine groups is 1. The minimum absolute atomic E-state index is 0.0499. The van der Waals surface area contributed by atoms with E-state index in [0.29, 0.717) is 0 Å². The maximum atomic E-state index is 12.5. The zero-order valence-electron chi connectivity index (χ0n) is 11.9. The van der Waals surface area contributed by atoms with Gasteiger partial charge in [0.2, 0.25) is 0 Å². The summed E-state index contributed by atoms with van der Waals surface area (Å²) < 4.78 is 1.07. The molecule has 1 aliphatic rings. The van der Waals surface area contributed by atoms with E-state index in [1.54, 1.807) is 16.2 Å². The molecule has 0 N–H and O–H groups in total. The van der Waals surface area contributed by atoms with Crippen LogP contribution in [0.15, 0.2) is 25.8 Å². The van der Waals surface area contributed by atoms with Crippen LogP contribution in [0.25, 0.3) is 6.08 Å². The monoisotopic (exact) mass is 372 g/mol. The molecule has 0 bridgehead atoms. The van der Waals surface area contributed by atoms with Crippen molar-refractivity contribution in [1.82, 2.24) is 4.90 Å². The predicted octanol–water partition coefficient (Wildman–Crippen LogP) is 4.60. The van der Waals surface area contributed by atoms with Crippen molar-refractivity contribution in [2.75, 3.05) is 0 Å². The highest BCUT2D eigenvalue weighted by atomic mass is 79.9. The van der Waals surface area contributed by atoms with Crippen LogP contribution in [-0.4, -0.2) is 28.1 Å². The Kier molecular flexibility index (Phi) is 5.09. The summed E-state index contributed by atoms with van der Waals surface area (Å²) in [7, 11) is 0. The van der Waals surface area contributed by atoms with Gasteiger partial charge in [-0.3, -0.25) is 14.7 Å². The highest BCUT2D eigenvalue weighted by molar-refractivity contribution is 9.11. The van der Waals surface area contributed by atoms with Gasteiger partial charge in [-0.2, -0.15) is 0 Å². The molecule has 1 amide bonds. The molecule has 3 nitrogen and oxygen atoms in total. The van der Waals surface area contributed by atoms with Gasteiger partial charge >= 0.3 is 0 Å². The van der Waals surface area contributed by atoms with Gasteiger partial charge in [0.05, 0.1) is 8.69 Å². The van der Waals surface area contributed by atoms with Crippen LogP contribution in [0.2, 0.25) is 0 Å². The van der Waals surface area contributed by atoms with Gasteiger partial charge in [0, 0.05) is 17.0 Å². The summed E-state index contributed by atoms with van der Waals surface area (Å²) in [5.41, 5.74) is 0. The zero-order chi connectivity index (χ0) is 14.9. The molecule has 108 valence electrons. The molecule has 1 saturated heterocycles. The van der Waals surface area contributed by atoms with Crippen molar-refractivity contribution in [1.29, 1.82) is 0 Å². The number of carbonyl (C=O) groups is 1. The van der Waals surface area contributed by atoms with E-state index in [1.165, 1.54) is 11.8 Å². The van der Waals surface area contributed by atoms with Gasteiger partial charge < -0.3 is 0 Å². The average molecular weight is 373 g/mol. The van der Waals surface area contributed by atoms with Gasteiger partial charge in [-0.15, -0.1) is 11.3 Å². The van der Waals surface area contributed by atoms with Crippen LogP contribution in [0.5, 0.6) is 0 Å². The summed E-state index contributed by atoms with van der Waals surface area (Å²) in [5.74, 6) is 0.0499. The van der Waals surface area contributed by atoms with Crippen molar-refractivity contribution < 1.29 is 4.79 Å². The van der Waals surface area contributed by atoms with Crippen LogP contribution in [0, 0.1) is 0 Å². The second-order valence-electron chi connectivity index (χ2n) is 5.03. The third-order valence-corrected chi connectivity index (χ3v) is 5.16. The third kappa shape index (κ3) is 3.54. The van der Waals surface area contributed by atoms with Crippen LogP contribution in [0.1, 0.15) is 32.6 Å². The summed E-state index contributed by atoms with van der Waals surface area (Å²) >= 11 is 6.52. The maximum Gasteiger partial charge on any atom is 0.267 e. The molecule has 1 aliphatic heterocycles. The fourth-order valence-corrected chi connectivity index (χ4v) is 4.45. The van der Waals surface area contributed by atoms with Crippen molar-refractivity contribution in [3.05, 3.63) is 25.7 Å². The van der Waals surface area contributed by atoms with E-state index < -0.39 is 0 Å². The quantitative estimate of drug-likeness (QED) is 0.726. The van der Waals surface area contributed by atoms with E-state index >= 15 is 0 Å². The summed E-state index contributed by atoms with van der Waals surface area (Å²) in [6.07, 6.45) is 1.95. The molecule has 20 heavy (non-hydrogen) atoms. The molecule has 0 atom stereocenters. The fourth-order valence-electron chi connectivity index (χ4n) is 1.79. The Bertz CT molecular complexity index is 575. The first-order chi connectivity index (χ1) is 9.38. The van der Waals surface area contributed by atoms with Crippen molar-refractivity contribution >= 4 is 56.2 Å².